The molecule has 0 saturated heterocycles. The largest absolute Gasteiger partial charge is 0.433 e. The molecule has 0 atom stereocenters. The standard InChI is InChI=1S/C26H22ClF4N7O/c1-3-38-22-9-15(8-18-10-23(26(29,30)31)37(2)36-18)4-7-21(22)35-24(38)32-12-16-5-6-19(11-20(16)28)39-25-33-13-17(27)14-34-25/h4-7,9-11,13-14H,3,8,12H2,1-2H3,(H,32,35). The molecule has 202 valence electrons. The Labute approximate surface area is 225 Å². The van der Waals surface area contributed by atoms with Crippen molar-refractivity contribution in [2.45, 2.75) is 32.6 Å². The van der Waals surface area contributed by atoms with Gasteiger partial charge in [0.05, 0.1) is 34.1 Å². The number of alkyl halides is 3. The van der Waals surface area contributed by atoms with E-state index in [-0.39, 0.29) is 24.7 Å². The average molecular weight is 560 g/mol. The summed E-state index contributed by atoms with van der Waals surface area (Å²) in [5.74, 6) is 0.294. The molecule has 5 rings (SSSR count). The Morgan fingerprint density at radius 3 is 2.49 bits per heavy atom. The Balaban J connectivity index is 1.31. The van der Waals surface area contributed by atoms with Gasteiger partial charge in [-0.25, -0.2) is 19.3 Å². The molecule has 0 unspecified atom stereocenters. The van der Waals surface area contributed by atoms with Gasteiger partial charge in [0.1, 0.15) is 17.3 Å². The van der Waals surface area contributed by atoms with Gasteiger partial charge in [0.15, 0.2) is 0 Å². The lowest BCUT2D eigenvalue weighted by Crippen LogP contribution is -2.11. The third-order valence-electron chi connectivity index (χ3n) is 6.00. The predicted molar refractivity (Wildman–Crippen MR) is 137 cm³/mol. The van der Waals surface area contributed by atoms with Gasteiger partial charge in [-0.15, -0.1) is 0 Å². The first-order valence-corrected chi connectivity index (χ1v) is 12.3. The van der Waals surface area contributed by atoms with Crippen LogP contribution in [0.15, 0.2) is 54.9 Å². The Hall–Kier alpha value is -4.19. The number of fused-ring (bicyclic) bond motifs is 1. The molecule has 8 nitrogen and oxygen atoms in total. The Morgan fingerprint density at radius 1 is 1.05 bits per heavy atom. The summed E-state index contributed by atoms with van der Waals surface area (Å²) in [7, 11) is 1.27. The van der Waals surface area contributed by atoms with E-state index in [1.54, 1.807) is 18.2 Å². The zero-order chi connectivity index (χ0) is 27.7. The van der Waals surface area contributed by atoms with Crippen LogP contribution in [0, 0.1) is 5.82 Å². The van der Waals surface area contributed by atoms with Gasteiger partial charge in [-0.1, -0.05) is 23.7 Å². The van der Waals surface area contributed by atoms with Crippen LogP contribution in [-0.2, 0) is 32.7 Å². The van der Waals surface area contributed by atoms with E-state index in [0.29, 0.717) is 34.3 Å². The molecule has 0 radical (unpaired) electrons. The average Bonchev–Trinajstić information content (AvgIpc) is 3.44. The minimum atomic E-state index is -4.47. The normalized spacial score (nSPS) is 11.8. The molecule has 0 amide bonds. The lowest BCUT2D eigenvalue weighted by Gasteiger charge is -2.10. The third kappa shape index (κ3) is 5.80. The number of halogens is 5. The second-order valence-electron chi connectivity index (χ2n) is 8.71. The van der Waals surface area contributed by atoms with Crippen molar-refractivity contribution in [2.75, 3.05) is 5.32 Å². The van der Waals surface area contributed by atoms with Crippen molar-refractivity contribution in [3.8, 4) is 11.8 Å². The molecule has 3 heterocycles. The quantitative estimate of drug-likeness (QED) is 0.222. The van der Waals surface area contributed by atoms with Gasteiger partial charge in [-0.2, -0.15) is 18.3 Å². The van der Waals surface area contributed by atoms with Crippen LogP contribution < -0.4 is 10.1 Å². The molecule has 39 heavy (non-hydrogen) atoms. The molecule has 3 aromatic heterocycles. The second-order valence-corrected chi connectivity index (χ2v) is 9.15. The molecule has 1 N–H and O–H groups in total. The molecule has 0 spiro atoms. The molecule has 2 aromatic carbocycles. The maximum atomic E-state index is 14.8. The van der Waals surface area contributed by atoms with Crippen molar-refractivity contribution in [2.24, 2.45) is 7.05 Å². The fraction of sp³-hybridized carbons (Fsp3) is 0.231. The van der Waals surface area contributed by atoms with E-state index >= 15 is 0 Å². The maximum absolute atomic E-state index is 14.8. The third-order valence-corrected chi connectivity index (χ3v) is 6.20. The predicted octanol–water partition coefficient (Wildman–Crippen LogP) is 6.39. The second kappa shape index (κ2) is 10.5. The molecule has 0 bridgehead atoms. The van der Waals surface area contributed by atoms with Crippen molar-refractivity contribution in [3.63, 3.8) is 0 Å². The molecular formula is C26H22ClF4N7O. The minimum Gasteiger partial charge on any atom is -0.424 e. The van der Waals surface area contributed by atoms with Crippen LogP contribution in [0.2, 0.25) is 5.02 Å². The highest BCUT2D eigenvalue weighted by atomic mass is 35.5. The van der Waals surface area contributed by atoms with E-state index in [9.17, 15) is 17.6 Å². The van der Waals surface area contributed by atoms with Gasteiger partial charge >= 0.3 is 12.2 Å². The van der Waals surface area contributed by atoms with Crippen molar-refractivity contribution < 1.29 is 22.3 Å². The number of nitrogens with zero attached hydrogens (tertiary/aromatic N) is 6. The van der Waals surface area contributed by atoms with Crippen molar-refractivity contribution in [1.29, 1.82) is 0 Å². The summed E-state index contributed by atoms with van der Waals surface area (Å²) in [5, 5.41) is 7.54. The number of rotatable bonds is 8. The molecule has 0 aliphatic rings. The summed E-state index contributed by atoms with van der Waals surface area (Å²) in [5.41, 5.74) is 2.21. The van der Waals surface area contributed by atoms with Crippen LogP contribution >= 0.6 is 11.6 Å². The number of ether oxygens (including phenoxy) is 1. The number of aromatic nitrogens is 6. The van der Waals surface area contributed by atoms with Gasteiger partial charge in [0, 0.05) is 38.2 Å². The number of anilines is 1. The van der Waals surface area contributed by atoms with Crippen molar-refractivity contribution in [3.05, 3.63) is 88.2 Å². The zero-order valence-electron chi connectivity index (χ0n) is 20.8. The van der Waals surface area contributed by atoms with Crippen molar-refractivity contribution in [1.82, 2.24) is 29.3 Å². The summed E-state index contributed by atoms with van der Waals surface area (Å²) in [6.45, 7) is 2.67. The number of aryl methyl sites for hydroxylation is 2. The van der Waals surface area contributed by atoms with E-state index in [1.165, 1.54) is 25.5 Å². The Kier molecular flexibility index (Phi) is 7.13. The highest BCUT2D eigenvalue weighted by molar-refractivity contribution is 6.30. The van der Waals surface area contributed by atoms with Crippen LogP contribution in [-0.4, -0.2) is 29.3 Å². The van der Waals surface area contributed by atoms with E-state index in [2.05, 4.69) is 25.4 Å². The SMILES string of the molecule is CCn1c(NCc2ccc(Oc3ncc(Cl)cn3)cc2F)nc2ccc(Cc3cc(C(F)(F)F)n(C)n3)cc21. The van der Waals surface area contributed by atoms with Crippen LogP contribution in [0.4, 0.5) is 23.5 Å². The fourth-order valence-corrected chi connectivity index (χ4v) is 4.29. The molecule has 0 aliphatic heterocycles. The molecule has 13 heteroatoms. The van der Waals surface area contributed by atoms with Crippen LogP contribution in [0.1, 0.15) is 29.4 Å². The Bertz CT molecular complexity index is 1630. The van der Waals surface area contributed by atoms with Crippen molar-refractivity contribution >= 4 is 28.6 Å². The summed E-state index contributed by atoms with van der Waals surface area (Å²) in [4.78, 5) is 12.5. The lowest BCUT2D eigenvalue weighted by molar-refractivity contribution is -0.143. The first-order chi connectivity index (χ1) is 18.6. The van der Waals surface area contributed by atoms with Gasteiger partial charge in [0.2, 0.25) is 5.95 Å². The minimum absolute atomic E-state index is 0.0459. The maximum Gasteiger partial charge on any atom is 0.433 e. The van der Waals surface area contributed by atoms with Crippen LogP contribution in [0.5, 0.6) is 11.8 Å². The van der Waals surface area contributed by atoms with Gasteiger partial charge < -0.3 is 14.6 Å². The zero-order valence-corrected chi connectivity index (χ0v) is 21.6. The number of nitrogens with one attached hydrogen (secondary N) is 1. The number of benzene rings is 2. The highest BCUT2D eigenvalue weighted by Crippen LogP contribution is 2.30. The number of hydrogen-bond acceptors (Lipinski definition) is 6. The monoisotopic (exact) mass is 559 g/mol. The first-order valence-electron chi connectivity index (χ1n) is 11.9. The fourth-order valence-electron chi connectivity index (χ4n) is 4.19. The first kappa shape index (κ1) is 26.4. The summed E-state index contributed by atoms with van der Waals surface area (Å²) in [6.07, 6.45) is -1.48. The van der Waals surface area contributed by atoms with E-state index in [4.69, 9.17) is 16.3 Å². The molecule has 0 fully saturated rings. The van der Waals surface area contributed by atoms with Gasteiger partial charge in [-0.3, -0.25) is 4.68 Å². The smallest absolute Gasteiger partial charge is 0.424 e. The van der Waals surface area contributed by atoms with Crippen LogP contribution in [0.25, 0.3) is 11.0 Å². The number of hydrogen-bond donors (Lipinski definition) is 1. The molecule has 0 saturated carbocycles. The molecule has 0 aliphatic carbocycles. The number of imidazole rings is 1. The summed E-state index contributed by atoms with van der Waals surface area (Å²) >= 11 is 5.76. The van der Waals surface area contributed by atoms with Gasteiger partial charge in [-0.05, 0) is 36.8 Å². The Morgan fingerprint density at radius 2 is 1.82 bits per heavy atom. The van der Waals surface area contributed by atoms with E-state index in [0.717, 1.165) is 21.8 Å². The summed E-state index contributed by atoms with van der Waals surface area (Å²) < 4.78 is 62.4. The van der Waals surface area contributed by atoms with Gasteiger partial charge in [0.25, 0.3) is 0 Å². The van der Waals surface area contributed by atoms with E-state index < -0.39 is 17.7 Å². The molecular weight excluding hydrogens is 538 g/mol. The topological polar surface area (TPSA) is 82.7 Å². The lowest BCUT2D eigenvalue weighted by atomic mass is 10.1. The highest BCUT2D eigenvalue weighted by Gasteiger charge is 2.34. The summed E-state index contributed by atoms with van der Waals surface area (Å²) in [6, 6.07) is 11.0. The van der Waals surface area contributed by atoms with Crippen LogP contribution in [0.3, 0.4) is 0 Å². The molecule has 5 aromatic rings. The van der Waals surface area contributed by atoms with E-state index in [1.807, 2.05) is 23.6 Å².